The van der Waals surface area contributed by atoms with Gasteiger partial charge >= 0.3 is 5.69 Å². The Labute approximate surface area is 154 Å². The topological polar surface area (TPSA) is 130 Å². The predicted octanol–water partition coefficient (Wildman–Crippen LogP) is 1.27. The number of aromatic amines is 1. The summed E-state index contributed by atoms with van der Waals surface area (Å²) in [6.07, 6.45) is 2.31. The lowest BCUT2D eigenvalue weighted by atomic mass is 10.1. The van der Waals surface area contributed by atoms with E-state index in [1.165, 1.54) is 0 Å². The first kappa shape index (κ1) is 18.7. The van der Waals surface area contributed by atoms with Gasteiger partial charge in [-0.3, -0.25) is 19.8 Å². The summed E-state index contributed by atoms with van der Waals surface area (Å²) in [4.78, 5) is 45.5. The van der Waals surface area contributed by atoms with Gasteiger partial charge in [-0.25, -0.2) is 15.3 Å². The van der Waals surface area contributed by atoms with Crippen molar-refractivity contribution in [1.82, 2.24) is 25.0 Å². The lowest BCUT2D eigenvalue weighted by Gasteiger charge is -2.17. The number of rotatable bonds is 6. The minimum atomic E-state index is -0.703. The van der Waals surface area contributed by atoms with Gasteiger partial charge in [0.1, 0.15) is 0 Å². The first-order valence-electron chi connectivity index (χ1n) is 8.75. The average Bonchev–Trinajstić information content (AvgIpc) is 2.62. The van der Waals surface area contributed by atoms with Crippen LogP contribution in [0.3, 0.4) is 0 Å². The number of nitrogens with zero attached hydrogens (tertiary/aromatic N) is 3. The SMILES string of the molecule is Cc1cc2nc3c(=O)[nH]c(=O)nc-3n(CCCCCC(=O)NO)c2cc1C. The molecule has 0 radical (unpaired) electrons. The van der Waals surface area contributed by atoms with Crippen molar-refractivity contribution in [2.75, 3.05) is 0 Å². The molecule has 1 amide bonds. The van der Waals surface area contributed by atoms with Crippen LogP contribution in [0.4, 0.5) is 0 Å². The predicted molar refractivity (Wildman–Crippen MR) is 98.9 cm³/mol. The van der Waals surface area contributed by atoms with E-state index in [0.29, 0.717) is 24.9 Å². The number of carbonyl (C=O) groups excluding carboxylic acids is 1. The van der Waals surface area contributed by atoms with E-state index in [0.717, 1.165) is 23.1 Å². The zero-order chi connectivity index (χ0) is 19.6. The number of hydrogen-bond acceptors (Lipinski definition) is 6. The molecule has 0 atom stereocenters. The number of hydroxylamine groups is 1. The first-order valence-corrected chi connectivity index (χ1v) is 8.75. The van der Waals surface area contributed by atoms with Crippen molar-refractivity contribution in [1.29, 1.82) is 0 Å². The van der Waals surface area contributed by atoms with Crippen molar-refractivity contribution in [3.63, 3.8) is 0 Å². The van der Waals surface area contributed by atoms with Gasteiger partial charge in [0.25, 0.3) is 5.56 Å². The number of unbranched alkanes of at least 4 members (excludes halogenated alkanes) is 2. The van der Waals surface area contributed by atoms with Crippen molar-refractivity contribution in [2.45, 2.75) is 46.1 Å². The normalized spacial score (nSPS) is 11.2. The lowest BCUT2D eigenvalue weighted by Crippen LogP contribution is -2.29. The fourth-order valence-electron chi connectivity index (χ4n) is 3.06. The van der Waals surface area contributed by atoms with Crippen LogP contribution in [-0.4, -0.2) is 30.6 Å². The van der Waals surface area contributed by atoms with E-state index < -0.39 is 17.2 Å². The van der Waals surface area contributed by atoms with Crippen LogP contribution < -0.4 is 16.7 Å². The summed E-state index contributed by atoms with van der Waals surface area (Å²) in [6.45, 7) is 4.48. The van der Waals surface area contributed by atoms with Gasteiger partial charge in [0.05, 0.1) is 11.0 Å². The molecule has 9 nitrogen and oxygen atoms in total. The second-order valence-electron chi connectivity index (χ2n) is 6.58. The number of carbonyl (C=O) groups is 1. The van der Waals surface area contributed by atoms with E-state index in [2.05, 4.69) is 15.0 Å². The van der Waals surface area contributed by atoms with Gasteiger partial charge in [0.15, 0.2) is 11.5 Å². The number of aryl methyl sites for hydroxylation is 3. The third kappa shape index (κ3) is 3.87. The lowest BCUT2D eigenvalue weighted by molar-refractivity contribution is -0.129. The Kier molecular flexibility index (Phi) is 5.31. The molecule has 0 spiro atoms. The highest BCUT2D eigenvalue weighted by Gasteiger charge is 2.19. The minimum Gasteiger partial charge on any atom is -0.322 e. The molecule has 0 saturated carbocycles. The molecule has 2 aliphatic heterocycles. The Hall–Kier alpha value is -3.07. The van der Waals surface area contributed by atoms with Crippen LogP contribution in [0.25, 0.3) is 22.6 Å². The zero-order valence-corrected chi connectivity index (χ0v) is 15.2. The van der Waals surface area contributed by atoms with Gasteiger partial charge in [-0.15, -0.1) is 0 Å². The van der Waals surface area contributed by atoms with E-state index in [9.17, 15) is 14.4 Å². The Morgan fingerprint density at radius 2 is 1.89 bits per heavy atom. The molecular formula is C18H21N5O4. The number of hydrogen-bond donors (Lipinski definition) is 3. The van der Waals surface area contributed by atoms with Crippen LogP contribution in [0.15, 0.2) is 21.7 Å². The van der Waals surface area contributed by atoms with Crippen LogP contribution in [0, 0.1) is 13.8 Å². The highest BCUT2D eigenvalue weighted by atomic mass is 16.5. The van der Waals surface area contributed by atoms with Gasteiger partial charge in [-0.2, -0.15) is 4.98 Å². The summed E-state index contributed by atoms with van der Waals surface area (Å²) >= 11 is 0. The number of amides is 1. The number of benzene rings is 1. The van der Waals surface area contributed by atoms with Crippen LogP contribution in [0.1, 0.15) is 36.8 Å². The van der Waals surface area contributed by atoms with Gasteiger partial charge in [0, 0.05) is 13.0 Å². The van der Waals surface area contributed by atoms with Crippen LogP contribution in [0.5, 0.6) is 0 Å². The molecule has 3 rings (SSSR count). The molecule has 142 valence electrons. The van der Waals surface area contributed by atoms with Gasteiger partial charge in [0.2, 0.25) is 5.91 Å². The molecule has 2 heterocycles. The fraction of sp³-hybridized carbons (Fsp3) is 0.389. The van der Waals surface area contributed by atoms with Crippen LogP contribution in [-0.2, 0) is 11.3 Å². The molecule has 2 aliphatic rings. The molecule has 3 N–H and O–H groups in total. The maximum absolute atomic E-state index is 12.2. The number of nitrogens with one attached hydrogen (secondary N) is 2. The van der Waals surface area contributed by atoms with Crippen molar-refractivity contribution < 1.29 is 10.0 Å². The van der Waals surface area contributed by atoms with Crippen molar-refractivity contribution >= 4 is 16.9 Å². The highest BCUT2D eigenvalue weighted by molar-refractivity contribution is 5.81. The third-order valence-corrected chi connectivity index (χ3v) is 4.63. The van der Waals surface area contributed by atoms with E-state index in [-0.39, 0.29) is 17.9 Å². The Morgan fingerprint density at radius 1 is 1.15 bits per heavy atom. The molecule has 0 fully saturated rings. The molecule has 9 heteroatoms. The second-order valence-corrected chi connectivity index (χ2v) is 6.58. The summed E-state index contributed by atoms with van der Waals surface area (Å²) in [5.41, 5.74) is 4.08. The molecule has 27 heavy (non-hydrogen) atoms. The van der Waals surface area contributed by atoms with Crippen LogP contribution in [0.2, 0.25) is 0 Å². The Morgan fingerprint density at radius 3 is 2.63 bits per heavy atom. The van der Waals surface area contributed by atoms with E-state index in [4.69, 9.17) is 5.21 Å². The van der Waals surface area contributed by atoms with Crippen molar-refractivity contribution in [3.8, 4) is 11.5 Å². The minimum absolute atomic E-state index is 0.130. The maximum Gasteiger partial charge on any atom is 0.349 e. The van der Waals surface area contributed by atoms with E-state index >= 15 is 0 Å². The summed E-state index contributed by atoms with van der Waals surface area (Å²) in [5, 5.41) is 8.53. The van der Waals surface area contributed by atoms with Crippen molar-refractivity contribution in [3.05, 3.63) is 44.1 Å². The number of aromatic nitrogens is 4. The summed E-state index contributed by atoms with van der Waals surface area (Å²) in [7, 11) is 0. The van der Waals surface area contributed by atoms with Crippen molar-refractivity contribution in [2.24, 2.45) is 0 Å². The molecule has 0 aromatic heterocycles. The zero-order valence-electron chi connectivity index (χ0n) is 15.2. The fourth-order valence-corrected chi connectivity index (χ4v) is 3.06. The molecular weight excluding hydrogens is 350 g/mol. The first-order chi connectivity index (χ1) is 12.9. The number of H-pyrrole nitrogens is 1. The van der Waals surface area contributed by atoms with E-state index in [1.807, 2.05) is 30.5 Å². The van der Waals surface area contributed by atoms with Crippen LogP contribution >= 0.6 is 0 Å². The quantitative estimate of drug-likeness (QED) is 0.259. The molecule has 0 unspecified atom stereocenters. The summed E-state index contributed by atoms with van der Waals surface area (Å²) in [6, 6.07) is 3.89. The molecule has 0 saturated heterocycles. The molecule has 1 aromatic carbocycles. The average molecular weight is 371 g/mol. The molecule has 1 aromatic rings. The summed E-state index contributed by atoms with van der Waals surface area (Å²) < 4.78 is 1.84. The maximum atomic E-state index is 12.2. The Bertz CT molecular complexity index is 1090. The molecule has 0 bridgehead atoms. The van der Waals surface area contributed by atoms with Gasteiger partial charge < -0.3 is 4.57 Å². The number of fused-ring (bicyclic) bond motifs is 2. The molecule has 0 aliphatic carbocycles. The third-order valence-electron chi connectivity index (χ3n) is 4.63. The Balaban J connectivity index is 2.01. The van der Waals surface area contributed by atoms with Gasteiger partial charge in [-0.05, 0) is 49.9 Å². The van der Waals surface area contributed by atoms with E-state index in [1.54, 1.807) is 5.48 Å². The second kappa shape index (κ2) is 7.67. The monoisotopic (exact) mass is 371 g/mol. The highest BCUT2D eigenvalue weighted by Crippen LogP contribution is 2.24. The largest absolute Gasteiger partial charge is 0.349 e. The summed E-state index contributed by atoms with van der Waals surface area (Å²) in [5.74, 6) is -0.162. The van der Waals surface area contributed by atoms with Gasteiger partial charge in [-0.1, -0.05) is 6.42 Å². The smallest absolute Gasteiger partial charge is 0.322 e. The standard InChI is InChI=1S/C18H21N5O4/c1-10-8-12-13(9-11(10)2)23(7-5-3-4-6-14(24)22-27)16-15(19-12)17(25)21-18(26)20-16/h8-9,27H,3-7H2,1-2H3,(H,22,24)(H,21,25,26).